The summed E-state index contributed by atoms with van der Waals surface area (Å²) in [6.45, 7) is 0. The van der Waals surface area contributed by atoms with Crippen molar-refractivity contribution in [3.05, 3.63) is 376 Å². The maximum Gasteiger partial charge on any atom is 0.221 e. The summed E-state index contributed by atoms with van der Waals surface area (Å²) in [6, 6.07) is 132. The average molecular weight is 1380 g/mol. The van der Waals surface area contributed by atoms with E-state index >= 15 is 0 Å². The van der Waals surface area contributed by atoms with Gasteiger partial charge in [-0.15, -0.1) is 0 Å². The minimum absolute atomic E-state index is 0.817. The van der Waals surface area contributed by atoms with Gasteiger partial charge in [-0.1, -0.05) is 261 Å². The Morgan fingerprint density at radius 2 is 0.454 bits per heavy atom. The van der Waals surface area contributed by atoms with Crippen LogP contribution in [0.2, 0.25) is 0 Å². The van der Waals surface area contributed by atoms with Crippen LogP contribution >= 0.6 is 0 Å². The summed E-state index contributed by atoms with van der Waals surface area (Å²) in [6.07, 6.45) is 0. The maximum atomic E-state index is 5.33. The number of benzene rings is 14. The minimum Gasteiger partial charge on any atom is -0.279 e. The standard InChI is InChI=1S/2C49H31N5/c1-3-14-32(15-4-1)37-30-43(33-16-5-2-6-17-33)50-44(31-37)36-19-13-18-34(28-36)35-26-27-46-40(29-35)38-20-8-11-24-45(38)53(46)49-52-41-22-9-7-21-39(41)48-51-42-23-10-12-25-47(42)54(48)49;1-3-13-34(14-4-1)43-30-37(31-44(50-43)35-15-5-2-6-16-35)33-25-23-32(24-26-33)36-27-28-46-40(29-36)38-17-8-11-21-45(38)53(46)49-52-41-19-9-7-18-39(41)48-51-42-20-10-12-22-47(42)54(48)49/h2*1-31H. The Morgan fingerprint density at radius 3 is 0.898 bits per heavy atom. The van der Waals surface area contributed by atoms with Crippen molar-refractivity contribution < 1.29 is 0 Å². The average Bonchev–Trinajstić information content (AvgIpc) is 1.56. The van der Waals surface area contributed by atoms with Crippen LogP contribution in [0, 0.1) is 0 Å². The van der Waals surface area contributed by atoms with Gasteiger partial charge in [0.2, 0.25) is 11.9 Å². The van der Waals surface area contributed by atoms with Gasteiger partial charge in [0, 0.05) is 54.6 Å². The molecule has 10 nitrogen and oxygen atoms in total. The largest absolute Gasteiger partial charge is 0.279 e. The molecule has 0 bridgehead atoms. The summed E-state index contributed by atoms with van der Waals surface area (Å²) in [5, 5.41) is 6.74. The maximum absolute atomic E-state index is 5.33. The monoisotopic (exact) mass is 1380 g/mol. The van der Waals surface area contributed by atoms with Crippen molar-refractivity contribution in [2.75, 3.05) is 0 Å². The fourth-order valence-corrected chi connectivity index (χ4v) is 15.8. The summed E-state index contributed by atoms with van der Waals surface area (Å²) in [5.41, 5.74) is 29.3. The predicted octanol–water partition coefficient (Wildman–Crippen LogP) is 24.4. The van der Waals surface area contributed by atoms with Crippen LogP contribution in [0.3, 0.4) is 0 Å². The Hall–Kier alpha value is -14.7. The molecule has 10 heteroatoms. The molecule has 0 N–H and O–H groups in total. The molecule has 22 aromatic rings. The summed E-state index contributed by atoms with van der Waals surface area (Å²) < 4.78 is 9.01. The van der Waals surface area contributed by atoms with Crippen molar-refractivity contribution in [3.63, 3.8) is 0 Å². The molecule has 22 rings (SSSR count). The molecule has 504 valence electrons. The number of pyridine rings is 2. The second kappa shape index (κ2) is 25.6. The molecule has 0 aliphatic rings. The number of hydrogen-bond donors (Lipinski definition) is 0. The lowest BCUT2D eigenvalue weighted by Crippen LogP contribution is -2.06. The minimum atomic E-state index is 0.817. The third-order valence-electron chi connectivity index (χ3n) is 21.0. The zero-order chi connectivity index (χ0) is 71.2. The van der Waals surface area contributed by atoms with Crippen LogP contribution in [0.15, 0.2) is 376 Å². The van der Waals surface area contributed by atoms with Gasteiger partial charge in [-0.25, -0.2) is 29.9 Å². The molecule has 0 fully saturated rings. The van der Waals surface area contributed by atoms with Crippen LogP contribution in [0.25, 0.3) is 200 Å². The number of rotatable bonds is 10. The SMILES string of the molecule is c1ccc(-c2cc(-c3ccc(-c4ccc5c(c4)c4ccccc4n5-c4nc5ccccc5c5nc6ccccc6n45)cc3)cc(-c3ccccc3)n2)cc1.c1ccc(-c2cc(-c3ccccc3)nc(-c3cccc(-c4ccc5c(c4)c4ccccc4n5-c4nc5ccccc5c5nc6ccccc6n45)c3)c2)cc1. The molecular formula is C98H62N10. The van der Waals surface area contributed by atoms with Crippen molar-refractivity contribution >= 4 is 98.8 Å². The first-order chi connectivity index (χ1) is 53.5. The van der Waals surface area contributed by atoms with Gasteiger partial charge >= 0.3 is 0 Å². The van der Waals surface area contributed by atoms with Crippen LogP contribution in [0.5, 0.6) is 0 Å². The lowest BCUT2D eigenvalue weighted by Gasteiger charge is -2.13. The lowest BCUT2D eigenvalue weighted by molar-refractivity contribution is 0.979. The topological polar surface area (TPSA) is 96.0 Å². The van der Waals surface area contributed by atoms with Crippen molar-refractivity contribution in [1.82, 2.24) is 47.8 Å². The molecule has 0 unspecified atom stereocenters. The van der Waals surface area contributed by atoms with Gasteiger partial charge in [0.25, 0.3) is 0 Å². The molecule has 108 heavy (non-hydrogen) atoms. The first-order valence-electron chi connectivity index (χ1n) is 36.4. The highest BCUT2D eigenvalue weighted by Gasteiger charge is 2.24. The summed E-state index contributed by atoms with van der Waals surface area (Å²) in [7, 11) is 0. The zero-order valence-corrected chi connectivity index (χ0v) is 58.3. The molecule has 0 radical (unpaired) electrons. The first-order valence-corrected chi connectivity index (χ1v) is 36.4. The first kappa shape index (κ1) is 61.9. The van der Waals surface area contributed by atoms with E-state index in [1.165, 1.54) is 16.2 Å². The second-order valence-electron chi connectivity index (χ2n) is 27.4. The van der Waals surface area contributed by atoms with Crippen LogP contribution in [-0.4, -0.2) is 47.8 Å². The summed E-state index contributed by atoms with van der Waals surface area (Å²) in [4.78, 5) is 31.1. The van der Waals surface area contributed by atoms with Crippen LogP contribution in [0.4, 0.5) is 0 Å². The van der Waals surface area contributed by atoms with Gasteiger partial charge in [-0.3, -0.25) is 17.9 Å². The van der Waals surface area contributed by atoms with Crippen molar-refractivity contribution in [2.45, 2.75) is 0 Å². The van der Waals surface area contributed by atoms with Crippen molar-refractivity contribution in [1.29, 1.82) is 0 Å². The molecule has 14 aromatic carbocycles. The van der Waals surface area contributed by atoms with Crippen LogP contribution < -0.4 is 0 Å². The summed E-state index contributed by atoms with van der Waals surface area (Å²) in [5.74, 6) is 1.64. The fraction of sp³-hybridized carbons (Fsp3) is 0. The molecular weight excluding hydrogens is 1320 g/mol. The molecule has 0 saturated heterocycles. The highest BCUT2D eigenvalue weighted by Crippen LogP contribution is 2.42. The number of fused-ring (bicyclic) bond motifs is 16. The third-order valence-corrected chi connectivity index (χ3v) is 21.0. The fourth-order valence-electron chi connectivity index (χ4n) is 15.8. The summed E-state index contributed by atoms with van der Waals surface area (Å²) >= 11 is 0. The number of hydrogen-bond acceptors (Lipinski definition) is 6. The van der Waals surface area contributed by atoms with E-state index in [0.717, 1.165) is 184 Å². The molecule has 0 aliphatic carbocycles. The Labute approximate surface area is 620 Å². The van der Waals surface area contributed by atoms with Gasteiger partial charge in [0.05, 0.1) is 77.9 Å². The number of nitrogens with zero attached hydrogens (tertiary/aromatic N) is 10. The van der Waals surface area contributed by atoms with E-state index in [-0.39, 0.29) is 0 Å². The smallest absolute Gasteiger partial charge is 0.221 e. The lowest BCUT2D eigenvalue weighted by atomic mass is 9.97. The van der Waals surface area contributed by atoms with Crippen molar-refractivity contribution in [3.8, 4) is 101 Å². The second-order valence-corrected chi connectivity index (χ2v) is 27.4. The number of aromatic nitrogens is 10. The Bertz CT molecular complexity index is 7170. The molecule has 0 atom stereocenters. The zero-order valence-electron chi connectivity index (χ0n) is 58.3. The van der Waals surface area contributed by atoms with Crippen LogP contribution in [-0.2, 0) is 0 Å². The van der Waals surface area contributed by atoms with Gasteiger partial charge in [0.15, 0.2) is 0 Å². The Balaban J connectivity index is 0.000000138. The molecule has 8 heterocycles. The number of imidazole rings is 2. The quantitative estimate of drug-likeness (QED) is 0.135. The highest BCUT2D eigenvalue weighted by molar-refractivity contribution is 6.12. The van der Waals surface area contributed by atoms with Gasteiger partial charge in [-0.2, -0.15) is 0 Å². The van der Waals surface area contributed by atoms with Gasteiger partial charge in [-0.05, 0) is 160 Å². The van der Waals surface area contributed by atoms with Crippen LogP contribution in [0.1, 0.15) is 0 Å². The Kier molecular flexibility index (Phi) is 14.7. The van der Waals surface area contributed by atoms with E-state index in [9.17, 15) is 0 Å². The van der Waals surface area contributed by atoms with E-state index in [1.54, 1.807) is 0 Å². The molecule has 0 saturated carbocycles. The molecule has 8 aromatic heterocycles. The molecule has 0 amide bonds. The third kappa shape index (κ3) is 10.6. The Morgan fingerprint density at radius 1 is 0.157 bits per heavy atom. The predicted molar refractivity (Wildman–Crippen MR) is 444 cm³/mol. The van der Waals surface area contributed by atoms with Gasteiger partial charge in [0.1, 0.15) is 11.3 Å². The van der Waals surface area contributed by atoms with Gasteiger partial charge < -0.3 is 0 Å². The van der Waals surface area contributed by atoms with E-state index < -0.39 is 0 Å². The van der Waals surface area contributed by atoms with Crippen molar-refractivity contribution in [2.24, 2.45) is 0 Å². The highest BCUT2D eigenvalue weighted by atomic mass is 15.2. The van der Waals surface area contributed by atoms with E-state index in [0.29, 0.717) is 0 Å². The van der Waals surface area contributed by atoms with E-state index in [1.807, 2.05) is 42.5 Å². The molecule has 0 spiro atoms. The number of para-hydroxylation sites is 8. The van der Waals surface area contributed by atoms with E-state index in [4.69, 9.17) is 29.9 Å². The van der Waals surface area contributed by atoms with E-state index in [2.05, 4.69) is 352 Å². The normalized spacial score (nSPS) is 11.7. The molecule has 0 aliphatic heterocycles.